The first-order chi connectivity index (χ1) is 29.9. The molecule has 1 spiro atoms. The van der Waals surface area contributed by atoms with Gasteiger partial charge < -0.3 is 20.8 Å². The molecule has 0 radical (unpaired) electrons. The van der Waals surface area contributed by atoms with E-state index in [1.54, 1.807) is 49.0 Å². The molecule has 4 aliphatic rings. The van der Waals surface area contributed by atoms with Crippen molar-refractivity contribution in [1.29, 1.82) is 0 Å². The number of hydrogen-bond donors (Lipinski definition) is 5. The van der Waals surface area contributed by atoms with Gasteiger partial charge in [-0.2, -0.15) is 18.3 Å². The molecule has 2 saturated heterocycles. The molecule has 5 N–H and O–H groups in total. The number of anilines is 2. The number of aromatic nitrogens is 3. The van der Waals surface area contributed by atoms with E-state index in [-0.39, 0.29) is 24.4 Å². The topological polar surface area (TPSA) is 182 Å². The minimum atomic E-state index is -4.71. The number of likely N-dealkylation sites (tertiary alicyclic amines) is 1. The number of aliphatic hydroxyl groups is 2. The van der Waals surface area contributed by atoms with Crippen molar-refractivity contribution < 1.29 is 42.6 Å². The highest BCUT2D eigenvalue weighted by Gasteiger charge is 2.47. The standard InChI is InChI=1S/C46H47F3N8O6/c1-44(2,63)31-20-34-28(19-35(31)52-40(59)33-7-4-8-37(51-33)46(47,48)49)25-56(54-34)29-11-9-26(10-12-29)24-55-17-15-45(16-18-55)21-27(22-45)23-50-32-6-3-5-30-39(32)43(62)57(42(30)61)36-13-14-38(58)53-41(36)60/h3-12,19-20,25,27,36,43,50,62-63H,13-18,21-24H2,1-2H3,(H,52,59)(H,53,58,60). The number of pyridine rings is 1. The Balaban J connectivity index is 0.784. The number of hydrogen-bond acceptors (Lipinski definition) is 10. The molecule has 5 heterocycles. The third-order valence-corrected chi connectivity index (χ3v) is 13.0. The number of rotatable bonds is 10. The van der Waals surface area contributed by atoms with Crippen LogP contribution in [0.1, 0.15) is 102 Å². The molecule has 5 aromatic rings. The third-order valence-electron chi connectivity index (χ3n) is 13.0. The zero-order chi connectivity index (χ0) is 44.4. The van der Waals surface area contributed by atoms with E-state index in [4.69, 9.17) is 5.10 Å². The predicted molar refractivity (Wildman–Crippen MR) is 225 cm³/mol. The van der Waals surface area contributed by atoms with E-state index in [0.29, 0.717) is 51.2 Å². The van der Waals surface area contributed by atoms with Crippen molar-refractivity contribution in [3.8, 4) is 5.69 Å². The van der Waals surface area contributed by atoms with Crippen molar-refractivity contribution in [2.45, 2.75) is 83.0 Å². The molecule has 3 fully saturated rings. The van der Waals surface area contributed by atoms with Crippen LogP contribution in [0.25, 0.3) is 16.6 Å². The largest absolute Gasteiger partial charge is 0.433 e. The second-order valence-electron chi connectivity index (χ2n) is 17.9. The Morgan fingerprint density at radius 3 is 2.40 bits per heavy atom. The summed E-state index contributed by atoms with van der Waals surface area (Å²) in [7, 11) is 0. The predicted octanol–water partition coefficient (Wildman–Crippen LogP) is 6.28. The molecule has 17 heteroatoms. The average Bonchev–Trinajstić information content (AvgIpc) is 3.76. The lowest BCUT2D eigenvalue weighted by molar-refractivity contribution is -0.141. The van der Waals surface area contributed by atoms with E-state index in [0.717, 1.165) is 68.7 Å². The number of carbonyl (C=O) groups is 4. The zero-order valence-electron chi connectivity index (χ0n) is 34.7. The summed E-state index contributed by atoms with van der Waals surface area (Å²) in [5.74, 6) is -1.77. The molecule has 4 amide bonds. The highest BCUT2D eigenvalue weighted by atomic mass is 19.4. The SMILES string of the molecule is CC(C)(O)c1cc2nn(-c3ccc(CN4CCC5(CC4)CC(CNc4cccc6c4C(O)N(C4CCC(=O)NC4=O)C6=O)C5)cc3)cc2cc1NC(=O)c1cccc(C(F)(F)F)n1. The molecule has 2 aromatic heterocycles. The van der Waals surface area contributed by atoms with Crippen molar-refractivity contribution in [2.24, 2.45) is 11.3 Å². The van der Waals surface area contributed by atoms with Crippen LogP contribution in [0.15, 0.2) is 79.0 Å². The van der Waals surface area contributed by atoms with Crippen LogP contribution in [0.2, 0.25) is 0 Å². The summed E-state index contributed by atoms with van der Waals surface area (Å²) in [6.07, 6.45) is 0.463. The zero-order valence-corrected chi connectivity index (χ0v) is 34.7. The van der Waals surface area contributed by atoms with E-state index in [1.807, 2.05) is 18.2 Å². The fraction of sp³-hybridized carbons (Fsp3) is 0.391. The number of piperidine rings is 2. The fourth-order valence-corrected chi connectivity index (χ4v) is 9.72. The van der Waals surface area contributed by atoms with Crippen LogP contribution < -0.4 is 16.0 Å². The van der Waals surface area contributed by atoms with Crippen molar-refractivity contribution in [1.82, 2.24) is 29.9 Å². The van der Waals surface area contributed by atoms with Crippen molar-refractivity contribution in [3.63, 3.8) is 0 Å². The minimum Gasteiger partial charge on any atom is -0.386 e. The molecular weight excluding hydrogens is 818 g/mol. The molecule has 14 nitrogen and oxygen atoms in total. The number of imide groups is 1. The second-order valence-corrected chi connectivity index (χ2v) is 17.9. The van der Waals surface area contributed by atoms with Gasteiger partial charge in [-0.15, -0.1) is 0 Å². The van der Waals surface area contributed by atoms with Gasteiger partial charge >= 0.3 is 6.18 Å². The Bertz CT molecular complexity index is 2630. The number of carbonyl (C=O) groups excluding carboxylic acids is 4. The lowest BCUT2D eigenvalue weighted by Crippen LogP contribution is -2.53. The Kier molecular flexibility index (Phi) is 10.6. The summed E-state index contributed by atoms with van der Waals surface area (Å²) in [5, 5.41) is 36.0. The van der Waals surface area contributed by atoms with E-state index in [1.165, 1.54) is 11.0 Å². The first-order valence-corrected chi connectivity index (χ1v) is 21.1. The van der Waals surface area contributed by atoms with Crippen molar-refractivity contribution in [2.75, 3.05) is 30.3 Å². The van der Waals surface area contributed by atoms with Gasteiger partial charge in [-0.3, -0.25) is 34.3 Å². The molecule has 2 atom stereocenters. The highest BCUT2D eigenvalue weighted by Crippen LogP contribution is 2.53. The van der Waals surface area contributed by atoms with Gasteiger partial charge in [-0.05, 0) is 124 Å². The van der Waals surface area contributed by atoms with Crippen LogP contribution in [0, 0.1) is 11.3 Å². The quantitative estimate of drug-likeness (QED) is 0.100. The maximum atomic E-state index is 13.3. The lowest BCUT2D eigenvalue weighted by atomic mass is 9.57. The third kappa shape index (κ3) is 8.27. The van der Waals surface area contributed by atoms with Gasteiger partial charge in [0.25, 0.3) is 11.8 Å². The smallest absolute Gasteiger partial charge is 0.386 e. The summed E-state index contributed by atoms with van der Waals surface area (Å²) in [6, 6.07) is 18.9. The molecule has 9 rings (SSSR count). The Hall–Kier alpha value is -6.17. The first kappa shape index (κ1) is 42.1. The molecule has 3 aliphatic heterocycles. The number of nitrogens with one attached hydrogen (secondary N) is 3. The summed E-state index contributed by atoms with van der Waals surface area (Å²) in [6.45, 7) is 6.56. The first-order valence-electron chi connectivity index (χ1n) is 21.1. The molecule has 1 aliphatic carbocycles. The van der Waals surface area contributed by atoms with Crippen LogP contribution in [-0.2, 0) is 27.9 Å². The van der Waals surface area contributed by atoms with Gasteiger partial charge in [-0.1, -0.05) is 24.3 Å². The molecule has 3 aromatic carbocycles. The van der Waals surface area contributed by atoms with Crippen LogP contribution in [-0.4, -0.2) is 84.1 Å². The summed E-state index contributed by atoms with van der Waals surface area (Å²) < 4.78 is 41.5. The monoisotopic (exact) mass is 864 g/mol. The van der Waals surface area contributed by atoms with E-state index >= 15 is 0 Å². The molecular formula is C46H47F3N8O6. The maximum absolute atomic E-state index is 13.3. The summed E-state index contributed by atoms with van der Waals surface area (Å²) in [4.78, 5) is 57.7. The van der Waals surface area contributed by atoms with E-state index in [9.17, 15) is 42.6 Å². The molecule has 0 bridgehead atoms. The number of amides is 4. The lowest BCUT2D eigenvalue weighted by Gasteiger charge is -2.52. The maximum Gasteiger partial charge on any atom is 0.433 e. The number of benzene rings is 3. The van der Waals surface area contributed by atoms with Gasteiger partial charge in [-0.25, -0.2) is 9.67 Å². The average molecular weight is 865 g/mol. The van der Waals surface area contributed by atoms with E-state index in [2.05, 4.69) is 38.0 Å². The number of halogens is 3. The van der Waals surface area contributed by atoms with Gasteiger partial charge in [0.15, 0.2) is 6.23 Å². The fourth-order valence-electron chi connectivity index (χ4n) is 9.72. The highest BCUT2D eigenvalue weighted by molar-refractivity contribution is 6.07. The number of alkyl halides is 3. The Labute approximate surface area is 360 Å². The number of aliphatic hydroxyl groups excluding tert-OH is 1. The van der Waals surface area contributed by atoms with Crippen LogP contribution >= 0.6 is 0 Å². The Morgan fingerprint density at radius 2 is 1.70 bits per heavy atom. The van der Waals surface area contributed by atoms with Gasteiger partial charge in [0.2, 0.25) is 11.8 Å². The molecule has 1 saturated carbocycles. The second kappa shape index (κ2) is 15.9. The number of nitrogens with zero attached hydrogens (tertiary/aromatic N) is 5. The van der Waals surface area contributed by atoms with Crippen molar-refractivity contribution in [3.05, 3.63) is 113 Å². The summed E-state index contributed by atoms with van der Waals surface area (Å²) >= 11 is 0. The normalized spacial score (nSPS) is 20.5. The summed E-state index contributed by atoms with van der Waals surface area (Å²) in [5.41, 5.74) is 1.88. The van der Waals surface area contributed by atoms with Crippen LogP contribution in [0.4, 0.5) is 24.5 Å². The van der Waals surface area contributed by atoms with Gasteiger partial charge in [0.1, 0.15) is 17.4 Å². The van der Waals surface area contributed by atoms with Crippen LogP contribution in [0.3, 0.4) is 0 Å². The number of fused-ring (bicyclic) bond motifs is 2. The van der Waals surface area contributed by atoms with Crippen molar-refractivity contribution >= 4 is 45.9 Å². The van der Waals surface area contributed by atoms with E-state index < -0.39 is 53.2 Å². The molecule has 63 heavy (non-hydrogen) atoms. The Morgan fingerprint density at radius 1 is 0.968 bits per heavy atom. The van der Waals surface area contributed by atoms with Gasteiger partial charge in [0.05, 0.1) is 16.8 Å². The van der Waals surface area contributed by atoms with Crippen LogP contribution in [0.5, 0.6) is 0 Å². The molecule has 2 unspecified atom stereocenters. The van der Waals surface area contributed by atoms with Gasteiger partial charge in [0, 0.05) is 59.2 Å². The molecule has 328 valence electrons. The minimum absolute atomic E-state index is 0.109.